The van der Waals surface area contributed by atoms with E-state index in [0.29, 0.717) is 12.3 Å². The van der Waals surface area contributed by atoms with Gasteiger partial charge in [0.15, 0.2) is 11.8 Å². The molecule has 0 radical (unpaired) electrons. The van der Waals surface area contributed by atoms with Gasteiger partial charge in [-0.15, -0.1) is 0 Å². The molecule has 28 heavy (non-hydrogen) atoms. The Bertz CT molecular complexity index is 788. The van der Waals surface area contributed by atoms with Crippen LogP contribution in [0.1, 0.15) is 38.8 Å². The average molecular weight is 388 g/mol. The maximum atomic E-state index is 13.0. The molecule has 152 valence electrons. The highest BCUT2D eigenvalue weighted by molar-refractivity contribution is 5.80. The van der Waals surface area contributed by atoms with E-state index in [1.807, 2.05) is 18.5 Å². The molecule has 8 heteroatoms. The summed E-state index contributed by atoms with van der Waals surface area (Å²) in [6.45, 7) is 8.12. The second-order valence-corrected chi connectivity index (χ2v) is 6.96. The lowest BCUT2D eigenvalue weighted by atomic mass is 10.1. The fourth-order valence-corrected chi connectivity index (χ4v) is 3.14. The minimum atomic E-state index is -0.272. The Morgan fingerprint density at radius 3 is 2.86 bits per heavy atom. The van der Waals surface area contributed by atoms with Gasteiger partial charge < -0.3 is 15.4 Å². The first kappa shape index (κ1) is 20.1. The minimum absolute atomic E-state index is 0.124. The van der Waals surface area contributed by atoms with Crippen molar-refractivity contribution in [2.45, 2.75) is 58.7 Å². The lowest BCUT2D eigenvalue weighted by Gasteiger charge is -2.25. The number of nitrogens with zero attached hydrogens (tertiary/aromatic N) is 4. The quantitative estimate of drug-likeness (QED) is 0.562. The summed E-state index contributed by atoms with van der Waals surface area (Å²) in [5.74, 6) is 3.10. The van der Waals surface area contributed by atoms with Gasteiger partial charge >= 0.3 is 0 Å². The molecule has 0 saturated heterocycles. The predicted octanol–water partition coefficient (Wildman–Crippen LogP) is 2.32. The Morgan fingerprint density at radius 1 is 1.36 bits per heavy atom. The first-order valence-electron chi connectivity index (χ1n) is 9.97. The maximum Gasteiger partial charge on any atom is 0.191 e. The number of guanidine groups is 1. The number of nitrogens with one attached hydrogen (secondary N) is 2. The molecule has 0 aliphatic carbocycles. The molecule has 0 spiro atoms. The van der Waals surface area contributed by atoms with Crippen molar-refractivity contribution in [3.63, 3.8) is 0 Å². The molecule has 2 atom stereocenters. The van der Waals surface area contributed by atoms with Gasteiger partial charge in [-0.3, -0.25) is 0 Å². The Morgan fingerprint density at radius 2 is 2.14 bits per heavy atom. The summed E-state index contributed by atoms with van der Waals surface area (Å²) in [5, 5.41) is 11.3. The number of aromatic nitrogens is 3. The number of benzene rings is 1. The van der Waals surface area contributed by atoms with Crippen LogP contribution in [0.2, 0.25) is 0 Å². The van der Waals surface area contributed by atoms with Crippen molar-refractivity contribution in [1.82, 2.24) is 25.4 Å². The molecule has 2 unspecified atom stereocenters. The van der Waals surface area contributed by atoms with Crippen molar-refractivity contribution in [2.75, 3.05) is 13.1 Å². The van der Waals surface area contributed by atoms with E-state index in [-0.39, 0.29) is 18.0 Å². The van der Waals surface area contributed by atoms with Crippen LogP contribution in [0, 0.1) is 5.82 Å². The van der Waals surface area contributed by atoms with Crippen molar-refractivity contribution in [1.29, 1.82) is 0 Å². The molecule has 0 fully saturated rings. The summed E-state index contributed by atoms with van der Waals surface area (Å²) in [6.07, 6.45) is 2.64. The van der Waals surface area contributed by atoms with Crippen LogP contribution in [0.5, 0.6) is 5.75 Å². The lowest BCUT2D eigenvalue weighted by molar-refractivity contribution is 0.230. The second-order valence-electron chi connectivity index (χ2n) is 6.96. The van der Waals surface area contributed by atoms with Gasteiger partial charge in [0.25, 0.3) is 0 Å². The van der Waals surface area contributed by atoms with Crippen LogP contribution in [0.25, 0.3) is 0 Å². The number of hydrogen-bond acceptors (Lipinski definition) is 4. The molecule has 2 N–H and O–H groups in total. The molecule has 1 aromatic carbocycles. The van der Waals surface area contributed by atoms with Crippen molar-refractivity contribution in [3.8, 4) is 5.75 Å². The number of aryl methyl sites for hydroxylation is 2. The zero-order chi connectivity index (χ0) is 19.9. The van der Waals surface area contributed by atoms with Crippen LogP contribution in [0.3, 0.4) is 0 Å². The van der Waals surface area contributed by atoms with Crippen LogP contribution in [-0.4, -0.2) is 46.0 Å². The predicted molar refractivity (Wildman–Crippen MR) is 107 cm³/mol. The number of ether oxygens (including phenoxy) is 1. The van der Waals surface area contributed by atoms with Gasteiger partial charge in [-0.05, 0) is 44.5 Å². The first-order valence-corrected chi connectivity index (χ1v) is 9.97. The fraction of sp³-hybridized carbons (Fsp3) is 0.550. The largest absolute Gasteiger partial charge is 0.489 e. The van der Waals surface area contributed by atoms with E-state index < -0.39 is 0 Å². The monoisotopic (exact) mass is 388 g/mol. The lowest BCUT2D eigenvalue weighted by Crippen LogP contribution is -2.47. The summed E-state index contributed by atoms with van der Waals surface area (Å²) in [4.78, 5) is 9.21. The Hall–Kier alpha value is -2.64. The topological polar surface area (TPSA) is 76.4 Å². The third-order valence-electron chi connectivity index (χ3n) is 4.56. The summed E-state index contributed by atoms with van der Waals surface area (Å²) >= 11 is 0. The summed E-state index contributed by atoms with van der Waals surface area (Å²) in [5.41, 5.74) is 0. The zero-order valence-electron chi connectivity index (χ0n) is 16.8. The standard InChI is InChI=1S/C20H29FN6O/c1-4-18-25-19-11-8-16(13-27(19)26-18)24-20(22-5-2)23-12-14(3)28-17-9-6-15(21)7-10-17/h6-7,9-10,14,16H,4-5,8,11-13H2,1-3H3,(H2,22,23,24). The molecule has 1 aromatic heterocycles. The highest BCUT2D eigenvalue weighted by Gasteiger charge is 2.22. The van der Waals surface area contributed by atoms with Crippen LogP contribution in [0.15, 0.2) is 29.3 Å². The molecule has 2 aromatic rings. The zero-order valence-corrected chi connectivity index (χ0v) is 16.8. The van der Waals surface area contributed by atoms with Crippen molar-refractivity contribution in [2.24, 2.45) is 4.99 Å². The van der Waals surface area contributed by atoms with E-state index >= 15 is 0 Å². The van der Waals surface area contributed by atoms with Gasteiger partial charge in [0.2, 0.25) is 0 Å². The molecular formula is C20H29FN6O. The summed E-state index contributed by atoms with van der Waals surface area (Å²) in [7, 11) is 0. The Balaban J connectivity index is 1.55. The molecule has 1 aliphatic rings. The number of hydrogen-bond donors (Lipinski definition) is 2. The van der Waals surface area contributed by atoms with E-state index in [1.54, 1.807) is 12.1 Å². The minimum Gasteiger partial charge on any atom is -0.489 e. The maximum absolute atomic E-state index is 13.0. The number of fused-ring (bicyclic) bond motifs is 1. The smallest absolute Gasteiger partial charge is 0.191 e. The van der Waals surface area contributed by atoms with Gasteiger partial charge in [-0.25, -0.2) is 19.0 Å². The number of halogens is 1. The van der Waals surface area contributed by atoms with Gasteiger partial charge in [0, 0.05) is 25.4 Å². The highest BCUT2D eigenvalue weighted by Crippen LogP contribution is 2.14. The fourth-order valence-electron chi connectivity index (χ4n) is 3.14. The van der Waals surface area contributed by atoms with Gasteiger partial charge in [-0.2, -0.15) is 5.10 Å². The van der Waals surface area contributed by atoms with E-state index in [4.69, 9.17) is 4.74 Å². The molecule has 0 bridgehead atoms. The van der Waals surface area contributed by atoms with E-state index in [0.717, 1.165) is 50.0 Å². The third kappa shape index (κ3) is 5.43. The van der Waals surface area contributed by atoms with Gasteiger partial charge in [0.05, 0.1) is 13.1 Å². The van der Waals surface area contributed by atoms with E-state index in [9.17, 15) is 4.39 Å². The normalized spacial score (nSPS) is 17.7. The van der Waals surface area contributed by atoms with Crippen LogP contribution < -0.4 is 15.4 Å². The Labute approximate surface area is 165 Å². The van der Waals surface area contributed by atoms with Crippen LogP contribution in [0.4, 0.5) is 4.39 Å². The molecule has 0 amide bonds. The van der Waals surface area contributed by atoms with Crippen LogP contribution >= 0.6 is 0 Å². The van der Waals surface area contributed by atoms with Crippen molar-refractivity contribution in [3.05, 3.63) is 41.7 Å². The van der Waals surface area contributed by atoms with E-state index in [1.165, 1.54) is 12.1 Å². The molecule has 7 nitrogen and oxygen atoms in total. The second kappa shape index (κ2) is 9.52. The highest BCUT2D eigenvalue weighted by atomic mass is 19.1. The van der Waals surface area contributed by atoms with Gasteiger partial charge in [0.1, 0.15) is 23.5 Å². The molecule has 2 heterocycles. The molecule has 1 aliphatic heterocycles. The SMILES string of the molecule is CCNC(=NCC(C)Oc1ccc(F)cc1)NC1CCc2nc(CC)nn2C1. The first-order chi connectivity index (χ1) is 13.6. The van der Waals surface area contributed by atoms with Crippen molar-refractivity contribution < 1.29 is 9.13 Å². The number of rotatable bonds is 7. The molecular weight excluding hydrogens is 359 g/mol. The Kier molecular flexibility index (Phi) is 6.84. The third-order valence-corrected chi connectivity index (χ3v) is 4.56. The molecule has 3 rings (SSSR count). The molecule has 0 saturated carbocycles. The van der Waals surface area contributed by atoms with Crippen molar-refractivity contribution >= 4 is 5.96 Å². The summed E-state index contributed by atoms with van der Waals surface area (Å²) < 4.78 is 20.8. The van der Waals surface area contributed by atoms with Gasteiger partial charge in [-0.1, -0.05) is 6.92 Å². The summed E-state index contributed by atoms with van der Waals surface area (Å²) in [6, 6.07) is 6.29. The number of aliphatic imine (C=N–C) groups is 1. The van der Waals surface area contributed by atoms with E-state index in [2.05, 4.69) is 32.6 Å². The average Bonchev–Trinajstić information content (AvgIpc) is 3.10. The van der Waals surface area contributed by atoms with Crippen LogP contribution in [-0.2, 0) is 19.4 Å².